The monoisotopic (exact) mass is 284 g/mol. The van der Waals surface area contributed by atoms with E-state index >= 15 is 0 Å². The maximum Gasteiger partial charge on any atom is 0.269 e. The lowest BCUT2D eigenvalue weighted by atomic mass is 10.1. The Morgan fingerprint density at radius 3 is 2.52 bits per heavy atom. The van der Waals surface area contributed by atoms with Crippen LogP contribution in [0.5, 0.6) is 5.75 Å². The van der Waals surface area contributed by atoms with Crippen LogP contribution >= 0.6 is 0 Å². The summed E-state index contributed by atoms with van der Waals surface area (Å²) >= 11 is 0. The third-order valence-corrected chi connectivity index (χ3v) is 3.08. The van der Waals surface area contributed by atoms with Gasteiger partial charge in [0.05, 0.1) is 18.9 Å². The van der Waals surface area contributed by atoms with Gasteiger partial charge in [-0.2, -0.15) is 5.26 Å². The number of aromatic nitrogens is 1. The van der Waals surface area contributed by atoms with Crippen LogP contribution in [0.2, 0.25) is 0 Å². The van der Waals surface area contributed by atoms with Gasteiger partial charge in [-0.15, -0.1) is 0 Å². The Labute approximate surface area is 122 Å². The van der Waals surface area contributed by atoms with Gasteiger partial charge in [0.2, 0.25) is 0 Å². The molecule has 2 rings (SSSR count). The van der Waals surface area contributed by atoms with Crippen molar-refractivity contribution in [2.75, 3.05) is 13.2 Å². The minimum absolute atomic E-state index is 0.0677. The minimum atomic E-state index is -0.391. The van der Waals surface area contributed by atoms with Crippen LogP contribution < -0.4 is 10.3 Å². The number of aliphatic hydroxyl groups excluding tert-OH is 1. The predicted octanol–water partition coefficient (Wildman–Crippen LogP) is 1.78. The highest BCUT2D eigenvalue weighted by Crippen LogP contribution is 2.22. The van der Waals surface area contributed by atoms with Crippen LogP contribution in [0.1, 0.15) is 12.5 Å². The molecule has 0 aliphatic carbocycles. The molecule has 1 heterocycles. The molecule has 5 heteroatoms. The lowest BCUT2D eigenvalue weighted by molar-refractivity contribution is 0.275. The molecule has 21 heavy (non-hydrogen) atoms. The van der Waals surface area contributed by atoms with Crippen molar-refractivity contribution >= 4 is 0 Å². The first-order valence-corrected chi connectivity index (χ1v) is 6.69. The molecule has 0 bridgehead atoms. The van der Waals surface area contributed by atoms with E-state index in [-0.39, 0.29) is 18.7 Å². The van der Waals surface area contributed by atoms with E-state index < -0.39 is 5.56 Å². The van der Waals surface area contributed by atoms with E-state index in [0.717, 1.165) is 11.3 Å². The van der Waals surface area contributed by atoms with E-state index in [2.05, 4.69) is 0 Å². The number of hydrogen-bond donors (Lipinski definition) is 1. The van der Waals surface area contributed by atoms with Gasteiger partial charge in [-0.1, -0.05) is 0 Å². The molecular weight excluding hydrogens is 268 g/mol. The Kier molecular flexibility index (Phi) is 4.75. The van der Waals surface area contributed by atoms with Gasteiger partial charge in [-0.25, -0.2) is 0 Å². The fraction of sp³-hybridized carbons (Fsp3) is 0.250. The van der Waals surface area contributed by atoms with E-state index in [0.29, 0.717) is 12.3 Å². The van der Waals surface area contributed by atoms with Crippen LogP contribution in [-0.4, -0.2) is 22.9 Å². The lowest BCUT2D eigenvalue weighted by Crippen LogP contribution is -2.25. The Morgan fingerprint density at radius 2 is 1.95 bits per heavy atom. The molecule has 2 aromatic rings. The van der Waals surface area contributed by atoms with E-state index in [9.17, 15) is 4.79 Å². The molecule has 0 amide bonds. The first-order valence-electron chi connectivity index (χ1n) is 6.69. The molecule has 0 unspecified atom stereocenters. The number of pyridine rings is 1. The topological polar surface area (TPSA) is 75.2 Å². The fourth-order valence-corrected chi connectivity index (χ4v) is 2.13. The molecule has 0 aliphatic heterocycles. The third-order valence-electron chi connectivity index (χ3n) is 3.08. The smallest absolute Gasteiger partial charge is 0.269 e. The molecule has 0 radical (unpaired) electrons. The first-order chi connectivity index (χ1) is 10.2. The molecule has 0 aliphatic rings. The molecule has 1 aromatic carbocycles. The van der Waals surface area contributed by atoms with Gasteiger partial charge >= 0.3 is 0 Å². The molecular formula is C16H16N2O3. The summed E-state index contributed by atoms with van der Waals surface area (Å²) < 4.78 is 6.79. The van der Waals surface area contributed by atoms with Crippen molar-refractivity contribution in [1.29, 1.82) is 5.26 Å². The zero-order chi connectivity index (χ0) is 15.2. The maximum absolute atomic E-state index is 12.2. The Hall–Kier alpha value is -2.58. The molecule has 108 valence electrons. The van der Waals surface area contributed by atoms with E-state index in [4.69, 9.17) is 15.1 Å². The zero-order valence-electron chi connectivity index (χ0n) is 11.7. The fourth-order valence-electron chi connectivity index (χ4n) is 2.13. The molecule has 1 aromatic heterocycles. The van der Waals surface area contributed by atoms with Gasteiger partial charge in [0.25, 0.3) is 5.56 Å². The largest absolute Gasteiger partial charge is 0.494 e. The predicted molar refractivity (Wildman–Crippen MR) is 79.1 cm³/mol. The number of aliphatic hydroxyl groups is 1. The first kappa shape index (κ1) is 14.8. The van der Waals surface area contributed by atoms with Gasteiger partial charge in [0, 0.05) is 6.54 Å². The summed E-state index contributed by atoms with van der Waals surface area (Å²) in [6.07, 6.45) is 0. The van der Waals surface area contributed by atoms with Crippen LogP contribution in [0.3, 0.4) is 0 Å². The van der Waals surface area contributed by atoms with E-state index in [1.807, 2.05) is 37.3 Å². The third kappa shape index (κ3) is 3.12. The van der Waals surface area contributed by atoms with Crippen LogP contribution in [0.15, 0.2) is 41.2 Å². The molecule has 5 nitrogen and oxygen atoms in total. The summed E-state index contributed by atoms with van der Waals surface area (Å²) in [4.78, 5) is 12.2. The van der Waals surface area contributed by atoms with Gasteiger partial charge in [-0.05, 0) is 48.9 Å². The second kappa shape index (κ2) is 6.73. The van der Waals surface area contributed by atoms with Crippen molar-refractivity contribution in [2.45, 2.75) is 13.5 Å². The van der Waals surface area contributed by atoms with Crippen LogP contribution in [0, 0.1) is 11.3 Å². The highest BCUT2D eigenvalue weighted by molar-refractivity contribution is 5.61. The Balaban J connectivity index is 2.50. The second-order valence-corrected chi connectivity index (χ2v) is 4.38. The van der Waals surface area contributed by atoms with Crippen molar-refractivity contribution in [3.63, 3.8) is 0 Å². The number of hydrogen-bond acceptors (Lipinski definition) is 4. The Morgan fingerprint density at radius 1 is 1.24 bits per heavy atom. The minimum Gasteiger partial charge on any atom is -0.494 e. The van der Waals surface area contributed by atoms with E-state index in [1.54, 1.807) is 6.07 Å². The van der Waals surface area contributed by atoms with Crippen molar-refractivity contribution < 1.29 is 9.84 Å². The summed E-state index contributed by atoms with van der Waals surface area (Å²) in [5.74, 6) is 0.756. The quantitative estimate of drug-likeness (QED) is 0.908. The normalized spacial score (nSPS) is 10.1. The lowest BCUT2D eigenvalue weighted by Gasteiger charge is -2.13. The number of nitrogens with zero attached hydrogens (tertiary/aromatic N) is 2. The van der Waals surface area contributed by atoms with Crippen LogP contribution in [-0.2, 0) is 6.54 Å². The number of rotatable bonds is 5. The standard InChI is InChI=1S/C16H16N2O3/c1-2-21-14-6-3-12(4-7-14)15-8-5-13(11-17)16(20)18(15)9-10-19/h3-8,19H,2,9-10H2,1H3. The SMILES string of the molecule is CCOc1ccc(-c2ccc(C#N)c(=O)n2CCO)cc1. The van der Waals surface area contributed by atoms with E-state index in [1.165, 1.54) is 10.6 Å². The van der Waals surface area contributed by atoms with Crippen molar-refractivity contribution in [3.8, 4) is 23.1 Å². The molecule has 1 N–H and O–H groups in total. The van der Waals surface area contributed by atoms with Crippen LogP contribution in [0.25, 0.3) is 11.3 Å². The number of nitriles is 1. The average molecular weight is 284 g/mol. The maximum atomic E-state index is 12.2. The second-order valence-electron chi connectivity index (χ2n) is 4.38. The molecule has 0 spiro atoms. The van der Waals surface area contributed by atoms with Crippen molar-refractivity contribution in [1.82, 2.24) is 4.57 Å². The highest BCUT2D eigenvalue weighted by Gasteiger charge is 2.10. The van der Waals surface area contributed by atoms with Gasteiger partial charge in [0.15, 0.2) is 0 Å². The van der Waals surface area contributed by atoms with Gasteiger partial charge in [-0.3, -0.25) is 4.79 Å². The average Bonchev–Trinajstić information content (AvgIpc) is 2.51. The Bertz CT molecular complexity index is 712. The molecule has 0 fully saturated rings. The zero-order valence-corrected chi connectivity index (χ0v) is 11.7. The van der Waals surface area contributed by atoms with Gasteiger partial charge in [0.1, 0.15) is 17.4 Å². The number of ether oxygens (including phenoxy) is 1. The summed E-state index contributed by atoms with van der Waals surface area (Å²) in [6.45, 7) is 2.48. The summed E-state index contributed by atoms with van der Waals surface area (Å²) in [6, 6.07) is 12.4. The summed E-state index contributed by atoms with van der Waals surface area (Å²) in [5.41, 5.74) is 1.17. The molecule has 0 atom stereocenters. The highest BCUT2D eigenvalue weighted by atomic mass is 16.5. The molecule has 0 saturated heterocycles. The number of benzene rings is 1. The summed E-state index contributed by atoms with van der Waals surface area (Å²) in [7, 11) is 0. The van der Waals surface area contributed by atoms with Crippen molar-refractivity contribution in [2.24, 2.45) is 0 Å². The van der Waals surface area contributed by atoms with Gasteiger partial charge < -0.3 is 14.4 Å². The molecule has 0 saturated carbocycles. The van der Waals surface area contributed by atoms with Crippen molar-refractivity contribution in [3.05, 3.63) is 52.3 Å². The summed E-state index contributed by atoms with van der Waals surface area (Å²) in [5, 5.41) is 18.1. The van der Waals surface area contributed by atoms with Crippen LogP contribution in [0.4, 0.5) is 0 Å².